The number of carbonyl (C=O) groups excluding carboxylic acids is 1. The summed E-state index contributed by atoms with van der Waals surface area (Å²) in [6.45, 7) is 2.09. The molecule has 1 aromatic heterocycles. The average Bonchev–Trinajstić information content (AvgIpc) is 2.69. The van der Waals surface area contributed by atoms with Gasteiger partial charge in [-0.2, -0.15) is 5.26 Å². The Bertz CT molecular complexity index is 941. The highest BCUT2D eigenvalue weighted by molar-refractivity contribution is 6.02. The third-order valence-electron chi connectivity index (χ3n) is 3.90. The van der Waals surface area contributed by atoms with Gasteiger partial charge in [-0.05, 0) is 54.4 Å². The zero-order valence-electron chi connectivity index (χ0n) is 14.4. The second kappa shape index (κ2) is 7.95. The fraction of sp³-hybridized carbons (Fsp3) is 0.0952. The van der Waals surface area contributed by atoms with Gasteiger partial charge in [-0.15, -0.1) is 0 Å². The molecule has 0 aliphatic rings. The van der Waals surface area contributed by atoms with Crippen LogP contribution in [0, 0.1) is 11.3 Å². The number of benzene rings is 2. The van der Waals surface area contributed by atoms with Crippen LogP contribution < -0.4 is 10.6 Å². The zero-order valence-corrected chi connectivity index (χ0v) is 14.4. The van der Waals surface area contributed by atoms with Gasteiger partial charge in [0.05, 0.1) is 23.5 Å². The summed E-state index contributed by atoms with van der Waals surface area (Å²) in [6, 6.07) is 20.4. The highest BCUT2D eigenvalue weighted by atomic mass is 16.1. The SMILES string of the molecule is CCc1ccc(NC(=O)c2ccc(Nc3cccc(C#N)c3)cn2)cc1. The first-order chi connectivity index (χ1) is 12.7. The van der Waals surface area contributed by atoms with Gasteiger partial charge in [0.1, 0.15) is 5.69 Å². The maximum atomic E-state index is 12.3. The van der Waals surface area contributed by atoms with Gasteiger partial charge in [0, 0.05) is 11.4 Å². The van der Waals surface area contributed by atoms with Crippen LogP contribution in [0.3, 0.4) is 0 Å². The minimum atomic E-state index is -0.257. The van der Waals surface area contributed by atoms with Gasteiger partial charge in [0.2, 0.25) is 0 Å². The van der Waals surface area contributed by atoms with Crippen LogP contribution in [0.25, 0.3) is 0 Å². The van der Waals surface area contributed by atoms with Crippen LogP contribution in [-0.4, -0.2) is 10.9 Å². The van der Waals surface area contributed by atoms with Crippen molar-refractivity contribution >= 4 is 23.0 Å². The standard InChI is InChI=1S/C21H18N4O/c1-2-15-6-8-17(9-7-15)25-21(26)20-11-10-19(14-23-20)24-18-5-3-4-16(12-18)13-22/h3-12,14,24H,2H2,1H3,(H,25,26). The van der Waals surface area contributed by atoms with Crippen LogP contribution in [0.1, 0.15) is 28.5 Å². The van der Waals surface area contributed by atoms with E-state index in [9.17, 15) is 4.79 Å². The number of hydrogen-bond donors (Lipinski definition) is 2. The monoisotopic (exact) mass is 342 g/mol. The summed E-state index contributed by atoms with van der Waals surface area (Å²) in [4.78, 5) is 16.5. The van der Waals surface area contributed by atoms with Crippen molar-refractivity contribution in [1.82, 2.24) is 4.98 Å². The van der Waals surface area contributed by atoms with Crippen molar-refractivity contribution in [2.45, 2.75) is 13.3 Å². The number of nitrogens with zero attached hydrogens (tertiary/aromatic N) is 2. The van der Waals surface area contributed by atoms with Gasteiger partial charge in [-0.1, -0.05) is 25.1 Å². The van der Waals surface area contributed by atoms with Crippen molar-refractivity contribution in [1.29, 1.82) is 5.26 Å². The molecule has 0 aliphatic heterocycles. The lowest BCUT2D eigenvalue weighted by Crippen LogP contribution is -2.13. The maximum absolute atomic E-state index is 12.3. The van der Waals surface area contributed by atoms with Gasteiger partial charge in [0.25, 0.3) is 5.91 Å². The smallest absolute Gasteiger partial charge is 0.274 e. The van der Waals surface area contributed by atoms with Crippen molar-refractivity contribution in [2.75, 3.05) is 10.6 Å². The van der Waals surface area contributed by atoms with Gasteiger partial charge >= 0.3 is 0 Å². The molecule has 0 unspecified atom stereocenters. The highest BCUT2D eigenvalue weighted by Crippen LogP contribution is 2.17. The molecular weight excluding hydrogens is 324 g/mol. The van der Waals surface area contributed by atoms with E-state index in [4.69, 9.17) is 5.26 Å². The summed E-state index contributed by atoms with van der Waals surface area (Å²) < 4.78 is 0. The molecule has 0 aliphatic carbocycles. The Morgan fingerprint density at radius 1 is 1.04 bits per heavy atom. The van der Waals surface area contributed by atoms with Crippen molar-refractivity contribution in [3.63, 3.8) is 0 Å². The third kappa shape index (κ3) is 4.25. The molecule has 2 aromatic carbocycles. The Hall–Kier alpha value is -3.65. The van der Waals surface area contributed by atoms with Crippen molar-refractivity contribution in [3.8, 4) is 6.07 Å². The summed E-state index contributed by atoms with van der Waals surface area (Å²) >= 11 is 0. The topological polar surface area (TPSA) is 77.8 Å². The summed E-state index contributed by atoms with van der Waals surface area (Å²) in [5, 5.41) is 14.9. The lowest BCUT2D eigenvalue weighted by Gasteiger charge is -2.08. The minimum Gasteiger partial charge on any atom is -0.354 e. The lowest BCUT2D eigenvalue weighted by atomic mass is 10.1. The summed E-state index contributed by atoms with van der Waals surface area (Å²) in [6.07, 6.45) is 2.55. The maximum Gasteiger partial charge on any atom is 0.274 e. The largest absolute Gasteiger partial charge is 0.354 e. The first kappa shape index (κ1) is 17.2. The van der Waals surface area contributed by atoms with E-state index in [0.717, 1.165) is 23.5 Å². The quantitative estimate of drug-likeness (QED) is 0.715. The predicted octanol–water partition coefficient (Wildman–Crippen LogP) is 4.51. The molecule has 128 valence electrons. The fourth-order valence-electron chi connectivity index (χ4n) is 2.45. The molecule has 0 saturated carbocycles. The number of nitrogens with one attached hydrogen (secondary N) is 2. The van der Waals surface area contributed by atoms with E-state index in [1.165, 1.54) is 5.56 Å². The summed E-state index contributed by atoms with van der Waals surface area (Å²) in [7, 11) is 0. The third-order valence-corrected chi connectivity index (χ3v) is 3.90. The van der Waals surface area contributed by atoms with Gasteiger partial charge in [0.15, 0.2) is 0 Å². The van der Waals surface area contributed by atoms with E-state index in [-0.39, 0.29) is 5.91 Å². The molecule has 26 heavy (non-hydrogen) atoms. The van der Waals surface area contributed by atoms with Crippen LogP contribution in [0.4, 0.5) is 17.1 Å². The molecule has 3 rings (SSSR count). The molecule has 0 spiro atoms. The van der Waals surface area contributed by atoms with E-state index >= 15 is 0 Å². The summed E-state index contributed by atoms with van der Waals surface area (Å²) in [5.74, 6) is -0.257. The van der Waals surface area contributed by atoms with Gasteiger partial charge in [-0.3, -0.25) is 4.79 Å². The van der Waals surface area contributed by atoms with Crippen molar-refractivity contribution < 1.29 is 4.79 Å². The van der Waals surface area contributed by atoms with E-state index in [1.54, 1.807) is 36.5 Å². The number of rotatable bonds is 5. The Balaban J connectivity index is 1.66. The van der Waals surface area contributed by atoms with Crippen molar-refractivity contribution in [3.05, 3.63) is 83.7 Å². The lowest BCUT2D eigenvalue weighted by molar-refractivity contribution is 0.102. The predicted molar refractivity (Wildman–Crippen MR) is 102 cm³/mol. The Kier molecular flexibility index (Phi) is 5.25. The van der Waals surface area contributed by atoms with Gasteiger partial charge in [-0.25, -0.2) is 4.98 Å². The molecule has 0 saturated heterocycles. The molecule has 3 aromatic rings. The van der Waals surface area contributed by atoms with Crippen LogP contribution in [0.15, 0.2) is 66.9 Å². The van der Waals surface area contributed by atoms with E-state index in [1.807, 2.05) is 30.3 Å². The van der Waals surface area contributed by atoms with Crippen LogP contribution >= 0.6 is 0 Å². The first-order valence-electron chi connectivity index (χ1n) is 8.31. The molecule has 5 heteroatoms. The number of aromatic nitrogens is 1. The number of amides is 1. The average molecular weight is 342 g/mol. The molecule has 0 fully saturated rings. The number of aryl methyl sites for hydroxylation is 1. The Morgan fingerprint density at radius 3 is 2.46 bits per heavy atom. The molecular formula is C21H18N4O. The second-order valence-electron chi connectivity index (χ2n) is 5.75. The molecule has 2 N–H and O–H groups in total. The number of pyridine rings is 1. The first-order valence-corrected chi connectivity index (χ1v) is 8.31. The van der Waals surface area contributed by atoms with Crippen LogP contribution in [0.2, 0.25) is 0 Å². The number of nitriles is 1. The van der Waals surface area contributed by atoms with Gasteiger partial charge < -0.3 is 10.6 Å². The summed E-state index contributed by atoms with van der Waals surface area (Å²) in [5.41, 5.74) is 4.40. The Labute approximate surface area is 152 Å². The zero-order chi connectivity index (χ0) is 18.4. The number of anilines is 3. The number of hydrogen-bond acceptors (Lipinski definition) is 4. The van der Waals surface area contributed by atoms with Crippen LogP contribution in [0.5, 0.6) is 0 Å². The van der Waals surface area contributed by atoms with E-state index in [0.29, 0.717) is 11.3 Å². The second-order valence-corrected chi connectivity index (χ2v) is 5.75. The molecule has 1 heterocycles. The normalized spacial score (nSPS) is 10.0. The van der Waals surface area contributed by atoms with Crippen LogP contribution in [-0.2, 0) is 6.42 Å². The minimum absolute atomic E-state index is 0.257. The molecule has 0 bridgehead atoms. The van der Waals surface area contributed by atoms with Crippen molar-refractivity contribution in [2.24, 2.45) is 0 Å². The number of carbonyl (C=O) groups is 1. The van der Waals surface area contributed by atoms with E-state index in [2.05, 4.69) is 28.6 Å². The molecule has 0 radical (unpaired) electrons. The highest BCUT2D eigenvalue weighted by Gasteiger charge is 2.08. The van der Waals surface area contributed by atoms with E-state index < -0.39 is 0 Å². The fourth-order valence-corrected chi connectivity index (χ4v) is 2.45. The Morgan fingerprint density at radius 2 is 1.81 bits per heavy atom. The molecule has 0 atom stereocenters. The molecule has 5 nitrogen and oxygen atoms in total. The molecule has 1 amide bonds.